The lowest BCUT2D eigenvalue weighted by molar-refractivity contribution is 0.688. The lowest BCUT2D eigenvalue weighted by Gasteiger charge is -2.04. The Bertz CT molecular complexity index is 499. The first-order chi connectivity index (χ1) is 8.33. The lowest BCUT2D eigenvalue weighted by Crippen LogP contribution is -2.14. The van der Waals surface area contributed by atoms with Gasteiger partial charge in [0.1, 0.15) is 0 Å². The summed E-state index contributed by atoms with van der Waals surface area (Å²) in [4.78, 5) is 1.16. The van der Waals surface area contributed by atoms with E-state index >= 15 is 0 Å². The molecule has 1 saturated carbocycles. The predicted molar refractivity (Wildman–Crippen MR) is 74.6 cm³/mol. The highest BCUT2D eigenvalue weighted by Gasteiger charge is 2.19. The summed E-state index contributed by atoms with van der Waals surface area (Å²) in [6.07, 6.45) is 2.67. The molecular weight excluding hydrogens is 250 g/mol. The zero-order valence-electron chi connectivity index (χ0n) is 9.45. The van der Waals surface area contributed by atoms with Crippen LogP contribution in [-0.2, 0) is 6.54 Å². The van der Waals surface area contributed by atoms with Crippen LogP contribution < -0.4 is 5.32 Å². The Hall–Kier alpha value is -0.830. The third-order valence-corrected chi connectivity index (χ3v) is 4.40. The Morgan fingerprint density at radius 2 is 1.94 bits per heavy atom. The van der Waals surface area contributed by atoms with E-state index in [1.807, 2.05) is 11.4 Å². The van der Waals surface area contributed by atoms with E-state index in [0.717, 1.165) is 22.5 Å². The van der Waals surface area contributed by atoms with E-state index in [0.29, 0.717) is 0 Å². The molecule has 1 N–H and O–H groups in total. The van der Waals surface area contributed by atoms with Gasteiger partial charge in [-0.15, -0.1) is 11.3 Å². The number of hydrogen-bond acceptors (Lipinski definition) is 2. The summed E-state index contributed by atoms with van der Waals surface area (Å²) in [7, 11) is 0. The maximum absolute atomic E-state index is 6.12. The summed E-state index contributed by atoms with van der Waals surface area (Å²) >= 11 is 7.81. The average Bonchev–Trinajstić information content (AvgIpc) is 3.09. The Morgan fingerprint density at radius 1 is 1.18 bits per heavy atom. The van der Waals surface area contributed by atoms with E-state index < -0.39 is 0 Å². The van der Waals surface area contributed by atoms with Crippen molar-refractivity contribution >= 4 is 22.9 Å². The summed E-state index contributed by atoms with van der Waals surface area (Å²) < 4.78 is 0. The molecule has 88 valence electrons. The molecule has 1 aliphatic carbocycles. The second kappa shape index (κ2) is 4.81. The van der Waals surface area contributed by atoms with Crippen LogP contribution in [0.5, 0.6) is 0 Å². The molecule has 0 atom stereocenters. The number of benzene rings is 1. The van der Waals surface area contributed by atoms with Gasteiger partial charge < -0.3 is 5.32 Å². The third kappa shape index (κ3) is 2.71. The molecule has 3 heteroatoms. The molecule has 0 amide bonds. The van der Waals surface area contributed by atoms with Crippen LogP contribution in [0.15, 0.2) is 35.7 Å². The van der Waals surface area contributed by atoms with Crippen LogP contribution in [0.2, 0.25) is 5.02 Å². The van der Waals surface area contributed by atoms with Gasteiger partial charge in [-0.05, 0) is 35.4 Å². The summed E-state index contributed by atoms with van der Waals surface area (Å²) in [5.74, 6) is 0. The second-order valence-electron chi connectivity index (χ2n) is 4.45. The van der Waals surface area contributed by atoms with Crippen LogP contribution in [0.1, 0.15) is 18.4 Å². The fourth-order valence-corrected chi connectivity index (χ4v) is 3.00. The molecule has 2 aromatic rings. The molecule has 17 heavy (non-hydrogen) atoms. The topological polar surface area (TPSA) is 12.0 Å². The summed E-state index contributed by atoms with van der Waals surface area (Å²) in [5, 5.41) is 6.39. The molecule has 1 aliphatic rings. The second-order valence-corrected chi connectivity index (χ2v) is 5.77. The molecule has 0 radical (unpaired) electrons. The van der Waals surface area contributed by atoms with Gasteiger partial charge in [-0.2, -0.15) is 0 Å². The van der Waals surface area contributed by atoms with E-state index in [4.69, 9.17) is 11.6 Å². The zero-order valence-corrected chi connectivity index (χ0v) is 11.0. The molecule has 0 aliphatic heterocycles. The highest BCUT2D eigenvalue weighted by molar-refractivity contribution is 7.14. The number of thiophene rings is 1. The van der Waals surface area contributed by atoms with Crippen molar-refractivity contribution in [3.63, 3.8) is 0 Å². The summed E-state index contributed by atoms with van der Waals surface area (Å²) in [6, 6.07) is 11.4. The Kier molecular flexibility index (Phi) is 3.19. The minimum absolute atomic E-state index is 0.765. The van der Waals surface area contributed by atoms with Crippen molar-refractivity contribution in [2.45, 2.75) is 25.4 Å². The van der Waals surface area contributed by atoms with E-state index in [1.165, 1.54) is 24.0 Å². The fraction of sp³-hybridized carbons (Fsp3) is 0.286. The Balaban J connectivity index is 1.72. The van der Waals surface area contributed by atoms with Gasteiger partial charge in [-0.25, -0.2) is 0 Å². The van der Waals surface area contributed by atoms with Crippen LogP contribution in [-0.4, -0.2) is 6.04 Å². The molecule has 0 saturated heterocycles. The first-order valence-electron chi connectivity index (χ1n) is 5.88. The summed E-state index contributed by atoms with van der Waals surface area (Å²) in [6.45, 7) is 0.975. The quantitative estimate of drug-likeness (QED) is 0.866. The molecule has 1 fully saturated rings. The van der Waals surface area contributed by atoms with Gasteiger partial charge in [0.05, 0.1) is 9.90 Å². The SMILES string of the molecule is Clc1ccsc1-c1ccc(CNC2CC2)cc1. The van der Waals surface area contributed by atoms with Crippen molar-refractivity contribution in [2.75, 3.05) is 0 Å². The van der Waals surface area contributed by atoms with Crippen LogP contribution in [0.3, 0.4) is 0 Å². The van der Waals surface area contributed by atoms with Crippen molar-refractivity contribution in [3.05, 3.63) is 46.3 Å². The van der Waals surface area contributed by atoms with Gasteiger partial charge >= 0.3 is 0 Å². The minimum Gasteiger partial charge on any atom is -0.310 e. The van der Waals surface area contributed by atoms with Gasteiger partial charge in [0.25, 0.3) is 0 Å². The van der Waals surface area contributed by atoms with Crippen LogP contribution >= 0.6 is 22.9 Å². The summed E-state index contributed by atoms with van der Waals surface area (Å²) in [5.41, 5.74) is 2.55. The fourth-order valence-electron chi connectivity index (χ4n) is 1.82. The number of halogens is 1. The van der Waals surface area contributed by atoms with E-state index in [2.05, 4.69) is 29.6 Å². The van der Waals surface area contributed by atoms with Crippen LogP contribution in [0.25, 0.3) is 10.4 Å². The average molecular weight is 264 g/mol. The minimum atomic E-state index is 0.765. The lowest BCUT2D eigenvalue weighted by atomic mass is 10.1. The normalized spacial score (nSPS) is 15.1. The Morgan fingerprint density at radius 3 is 2.53 bits per heavy atom. The first-order valence-corrected chi connectivity index (χ1v) is 7.14. The molecular formula is C14H14ClNS. The molecule has 1 heterocycles. The van der Waals surface area contributed by atoms with Gasteiger partial charge in [0.15, 0.2) is 0 Å². The van der Waals surface area contributed by atoms with Crippen molar-refractivity contribution in [3.8, 4) is 10.4 Å². The van der Waals surface area contributed by atoms with Crippen molar-refractivity contribution in [1.82, 2.24) is 5.32 Å². The first kappa shape index (κ1) is 11.3. The van der Waals surface area contributed by atoms with Gasteiger partial charge in [0.2, 0.25) is 0 Å². The maximum Gasteiger partial charge on any atom is 0.0592 e. The van der Waals surface area contributed by atoms with E-state index in [1.54, 1.807) is 11.3 Å². The largest absolute Gasteiger partial charge is 0.310 e. The molecule has 0 bridgehead atoms. The van der Waals surface area contributed by atoms with Crippen molar-refractivity contribution < 1.29 is 0 Å². The highest BCUT2D eigenvalue weighted by atomic mass is 35.5. The standard InChI is InChI=1S/C14H14ClNS/c15-13-7-8-17-14(13)11-3-1-10(2-4-11)9-16-12-5-6-12/h1-4,7-8,12,16H,5-6,9H2. The van der Waals surface area contributed by atoms with Gasteiger partial charge in [-0.3, -0.25) is 0 Å². The molecule has 0 spiro atoms. The molecule has 0 unspecified atom stereocenters. The molecule has 1 nitrogen and oxygen atoms in total. The van der Waals surface area contributed by atoms with Crippen LogP contribution in [0.4, 0.5) is 0 Å². The van der Waals surface area contributed by atoms with E-state index in [-0.39, 0.29) is 0 Å². The van der Waals surface area contributed by atoms with Crippen LogP contribution in [0, 0.1) is 0 Å². The zero-order chi connectivity index (χ0) is 11.7. The molecule has 3 rings (SSSR count). The monoisotopic (exact) mass is 263 g/mol. The number of nitrogens with one attached hydrogen (secondary N) is 1. The molecule has 1 aromatic heterocycles. The predicted octanol–water partition coefficient (Wildman–Crippen LogP) is 4.32. The van der Waals surface area contributed by atoms with Crippen molar-refractivity contribution in [1.29, 1.82) is 0 Å². The molecule has 1 aromatic carbocycles. The maximum atomic E-state index is 6.12. The highest BCUT2D eigenvalue weighted by Crippen LogP contribution is 2.33. The number of hydrogen-bond donors (Lipinski definition) is 1. The van der Waals surface area contributed by atoms with Gasteiger partial charge in [0, 0.05) is 12.6 Å². The third-order valence-electron chi connectivity index (χ3n) is 3.01. The Labute approximate surface area is 110 Å². The number of rotatable bonds is 4. The van der Waals surface area contributed by atoms with E-state index in [9.17, 15) is 0 Å². The van der Waals surface area contributed by atoms with Gasteiger partial charge in [-0.1, -0.05) is 35.9 Å². The van der Waals surface area contributed by atoms with Crippen molar-refractivity contribution in [2.24, 2.45) is 0 Å². The smallest absolute Gasteiger partial charge is 0.0592 e.